The van der Waals surface area contributed by atoms with E-state index in [1.807, 2.05) is 34.9 Å². The molecule has 150 valence electrons. The summed E-state index contributed by atoms with van der Waals surface area (Å²) < 4.78 is 13.0. The number of ether oxygens (including phenoxy) is 2. The van der Waals surface area contributed by atoms with Crippen molar-refractivity contribution in [3.63, 3.8) is 0 Å². The SMILES string of the molecule is CCCOCCOCCNc1ccc(-c2ccn3c(n2)nc2ccccc23)cc1. The number of benzene rings is 2. The Morgan fingerprint density at radius 2 is 1.66 bits per heavy atom. The van der Waals surface area contributed by atoms with Gasteiger partial charge >= 0.3 is 0 Å². The fourth-order valence-corrected chi connectivity index (χ4v) is 3.20. The predicted molar refractivity (Wildman–Crippen MR) is 116 cm³/mol. The molecule has 0 radical (unpaired) electrons. The predicted octanol–water partition coefficient (Wildman–Crippen LogP) is 4.40. The Bertz CT molecular complexity index is 1060. The molecule has 0 unspecified atom stereocenters. The molecule has 0 fully saturated rings. The maximum Gasteiger partial charge on any atom is 0.235 e. The van der Waals surface area contributed by atoms with Gasteiger partial charge in [0, 0.05) is 30.6 Å². The first-order valence-corrected chi connectivity index (χ1v) is 10.1. The summed E-state index contributed by atoms with van der Waals surface area (Å²) in [4.78, 5) is 9.35. The first kappa shape index (κ1) is 19.4. The van der Waals surface area contributed by atoms with Crippen molar-refractivity contribution in [2.75, 3.05) is 38.3 Å². The number of aromatic nitrogens is 3. The molecule has 0 aliphatic carbocycles. The Hall–Kier alpha value is -2.96. The molecule has 0 aliphatic heterocycles. The van der Waals surface area contributed by atoms with E-state index >= 15 is 0 Å². The molecule has 0 saturated carbocycles. The van der Waals surface area contributed by atoms with Gasteiger partial charge in [-0.3, -0.25) is 4.40 Å². The molecule has 1 N–H and O–H groups in total. The Morgan fingerprint density at radius 1 is 0.862 bits per heavy atom. The van der Waals surface area contributed by atoms with Crippen LogP contribution in [0.4, 0.5) is 5.69 Å². The molecule has 4 rings (SSSR count). The molecular weight excluding hydrogens is 364 g/mol. The van der Waals surface area contributed by atoms with Gasteiger partial charge in [0.15, 0.2) is 0 Å². The summed E-state index contributed by atoms with van der Waals surface area (Å²) in [5.74, 6) is 0.714. The normalized spacial score (nSPS) is 11.3. The lowest BCUT2D eigenvalue weighted by atomic mass is 10.1. The van der Waals surface area contributed by atoms with E-state index in [0.29, 0.717) is 25.6 Å². The fraction of sp³-hybridized carbons (Fsp3) is 0.304. The highest BCUT2D eigenvalue weighted by atomic mass is 16.5. The van der Waals surface area contributed by atoms with Gasteiger partial charge in [0.25, 0.3) is 0 Å². The zero-order chi connectivity index (χ0) is 19.9. The van der Waals surface area contributed by atoms with Crippen molar-refractivity contribution >= 4 is 22.5 Å². The van der Waals surface area contributed by atoms with Gasteiger partial charge in [-0.05, 0) is 36.8 Å². The van der Waals surface area contributed by atoms with Gasteiger partial charge in [-0.25, -0.2) is 9.97 Å². The second-order valence-electron chi connectivity index (χ2n) is 6.81. The van der Waals surface area contributed by atoms with E-state index in [9.17, 15) is 0 Å². The number of anilines is 1. The van der Waals surface area contributed by atoms with E-state index in [-0.39, 0.29) is 0 Å². The summed E-state index contributed by atoms with van der Waals surface area (Å²) in [6.07, 6.45) is 3.07. The van der Waals surface area contributed by atoms with Gasteiger partial charge in [0.1, 0.15) is 0 Å². The van der Waals surface area contributed by atoms with Crippen LogP contribution in [-0.4, -0.2) is 47.3 Å². The number of hydrogen-bond donors (Lipinski definition) is 1. The van der Waals surface area contributed by atoms with Crippen molar-refractivity contribution in [1.29, 1.82) is 0 Å². The second-order valence-corrected chi connectivity index (χ2v) is 6.81. The van der Waals surface area contributed by atoms with Gasteiger partial charge in [0.2, 0.25) is 5.78 Å². The first-order chi connectivity index (χ1) is 14.3. The van der Waals surface area contributed by atoms with Gasteiger partial charge in [-0.1, -0.05) is 31.2 Å². The van der Waals surface area contributed by atoms with Crippen molar-refractivity contribution in [2.45, 2.75) is 13.3 Å². The molecule has 29 heavy (non-hydrogen) atoms. The summed E-state index contributed by atoms with van der Waals surface area (Å²) in [6.45, 7) is 5.61. The van der Waals surface area contributed by atoms with Crippen LogP contribution in [-0.2, 0) is 9.47 Å². The molecule has 2 aromatic heterocycles. The third kappa shape index (κ3) is 4.72. The average Bonchev–Trinajstić information content (AvgIpc) is 3.14. The van der Waals surface area contributed by atoms with Gasteiger partial charge in [-0.15, -0.1) is 0 Å². The van der Waals surface area contributed by atoms with Crippen LogP contribution in [0, 0.1) is 0 Å². The quantitative estimate of drug-likeness (QED) is 0.407. The third-order valence-corrected chi connectivity index (χ3v) is 4.66. The van der Waals surface area contributed by atoms with Crippen LogP contribution in [0.5, 0.6) is 0 Å². The number of fused-ring (bicyclic) bond motifs is 3. The molecule has 0 amide bonds. The van der Waals surface area contributed by atoms with E-state index in [1.54, 1.807) is 0 Å². The van der Waals surface area contributed by atoms with E-state index in [4.69, 9.17) is 14.5 Å². The Labute approximate surface area is 170 Å². The van der Waals surface area contributed by atoms with Crippen LogP contribution in [0.2, 0.25) is 0 Å². The van der Waals surface area contributed by atoms with Crippen LogP contribution in [0.15, 0.2) is 60.8 Å². The Kier molecular flexibility index (Phi) is 6.34. The van der Waals surface area contributed by atoms with E-state index in [2.05, 4.69) is 47.6 Å². The molecule has 0 saturated heterocycles. The van der Waals surface area contributed by atoms with Crippen molar-refractivity contribution in [3.8, 4) is 11.3 Å². The average molecular weight is 390 g/mol. The summed E-state index contributed by atoms with van der Waals surface area (Å²) >= 11 is 0. The molecule has 2 aromatic carbocycles. The van der Waals surface area contributed by atoms with Crippen LogP contribution < -0.4 is 5.32 Å². The highest BCUT2D eigenvalue weighted by Crippen LogP contribution is 2.22. The van der Waals surface area contributed by atoms with Crippen molar-refractivity contribution in [2.24, 2.45) is 0 Å². The van der Waals surface area contributed by atoms with E-state index < -0.39 is 0 Å². The molecule has 0 bridgehead atoms. The first-order valence-electron chi connectivity index (χ1n) is 10.1. The number of imidazole rings is 1. The molecule has 4 aromatic rings. The number of nitrogens with one attached hydrogen (secondary N) is 1. The highest BCUT2D eigenvalue weighted by Gasteiger charge is 2.07. The standard InChI is InChI=1S/C23H26N4O2/c1-2-14-28-16-17-29-15-12-24-19-9-7-18(8-10-19)20-11-13-27-22-6-4-3-5-21(22)26-23(27)25-20/h3-11,13,24H,2,12,14-17H2,1H3. The van der Waals surface area contributed by atoms with Crippen LogP contribution >= 0.6 is 0 Å². The molecule has 0 aliphatic rings. The molecule has 0 spiro atoms. The summed E-state index contributed by atoms with van der Waals surface area (Å²) in [5.41, 5.74) is 5.06. The van der Waals surface area contributed by atoms with Gasteiger partial charge in [0.05, 0.1) is 36.5 Å². The smallest absolute Gasteiger partial charge is 0.235 e. The Balaban J connectivity index is 1.33. The molecule has 6 nitrogen and oxygen atoms in total. The summed E-state index contributed by atoms with van der Waals surface area (Å²) in [5, 5.41) is 3.37. The topological polar surface area (TPSA) is 60.7 Å². The molecule has 6 heteroatoms. The largest absolute Gasteiger partial charge is 0.383 e. The minimum atomic E-state index is 0.636. The molecular formula is C23H26N4O2. The maximum atomic E-state index is 5.55. The number of nitrogens with zero attached hydrogens (tertiary/aromatic N) is 3. The lowest BCUT2D eigenvalue weighted by Crippen LogP contribution is -2.12. The van der Waals surface area contributed by atoms with Crippen molar-refractivity contribution < 1.29 is 9.47 Å². The summed E-state index contributed by atoms with van der Waals surface area (Å²) in [7, 11) is 0. The highest BCUT2D eigenvalue weighted by molar-refractivity contribution is 5.80. The lowest BCUT2D eigenvalue weighted by Gasteiger charge is -2.09. The van der Waals surface area contributed by atoms with Crippen molar-refractivity contribution in [3.05, 3.63) is 60.8 Å². The van der Waals surface area contributed by atoms with Crippen LogP contribution in [0.25, 0.3) is 28.1 Å². The third-order valence-electron chi connectivity index (χ3n) is 4.66. The van der Waals surface area contributed by atoms with Gasteiger partial charge in [-0.2, -0.15) is 0 Å². The minimum Gasteiger partial charge on any atom is -0.383 e. The summed E-state index contributed by atoms with van der Waals surface area (Å²) in [6, 6.07) is 18.4. The number of hydrogen-bond acceptors (Lipinski definition) is 5. The number of para-hydroxylation sites is 2. The zero-order valence-electron chi connectivity index (χ0n) is 16.7. The number of rotatable bonds is 10. The fourth-order valence-electron chi connectivity index (χ4n) is 3.20. The molecule has 0 atom stereocenters. The lowest BCUT2D eigenvalue weighted by molar-refractivity contribution is 0.0519. The zero-order valence-corrected chi connectivity index (χ0v) is 16.7. The maximum absolute atomic E-state index is 5.55. The second kappa shape index (κ2) is 9.49. The monoisotopic (exact) mass is 390 g/mol. The van der Waals surface area contributed by atoms with Crippen molar-refractivity contribution in [1.82, 2.24) is 14.4 Å². The van der Waals surface area contributed by atoms with Crippen LogP contribution in [0.3, 0.4) is 0 Å². The van der Waals surface area contributed by atoms with Gasteiger partial charge < -0.3 is 14.8 Å². The van der Waals surface area contributed by atoms with E-state index in [1.165, 1.54) is 0 Å². The Morgan fingerprint density at radius 3 is 2.48 bits per heavy atom. The van der Waals surface area contributed by atoms with E-state index in [0.717, 1.165) is 47.6 Å². The minimum absolute atomic E-state index is 0.636. The van der Waals surface area contributed by atoms with Crippen LogP contribution in [0.1, 0.15) is 13.3 Å². The molecule has 2 heterocycles.